The molecule has 2 aromatic rings. The van der Waals surface area contributed by atoms with Gasteiger partial charge in [0.1, 0.15) is 17.9 Å². The topological polar surface area (TPSA) is 55.9 Å². The first-order valence-corrected chi connectivity index (χ1v) is 6.34. The Morgan fingerprint density at radius 1 is 1.44 bits per heavy atom. The Labute approximate surface area is 107 Å². The molecule has 0 aliphatic heterocycles. The predicted octanol–water partition coefficient (Wildman–Crippen LogP) is 1.56. The van der Waals surface area contributed by atoms with E-state index in [1.54, 1.807) is 12.6 Å². The summed E-state index contributed by atoms with van der Waals surface area (Å²) in [5, 5.41) is 11.4. The quantitative estimate of drug-likeness (QED) is 0.808. The van der Waals surface area contributed by atoms with Crippen LogP contribution in [0.1, 0.15) is 24.9 Å². The second-order valence-corrected chi connectivity index (χ2v) is 4.58. The Balaban J connectivity index is 1.63. The summed E-state index contributed by atoms with van der Waals surface area (Å²) >= 11 is 0. The van der Waals surface area contributed by atoms with E-state index in [-0.39, 0.29) is 0 Å². The monoisotopic (exact) mass is 248 g/mol. The van der Waals surface area contributed by atoms with Crippen LogP contribution in [0.3, 0.4) is 0 Å². The van der Waals surface area contributed by atoms with Gasteiger partial charge in [-0.25, -0.2) is 0 Å². The lowest BCUT2D eigenvalue weighted by atomic mass is 10.1. The molecule has 0 aliphatic rings. The average molecular weight is 248 g/mol. The molecule has 0 saturated carbocycles. The maximum Gasteiger partial charge on any atom is 0.133 e. The average Bonchev–Trinajstić information content (AvgIpc) is 2.99. The van der Waals surface area contributed by atoms with Crippen molar-refractivity contribution >= 4 is 0 Å². The first kappa shape index (κ1) is 12.8. The summed E-state index contributed by atoms with van der Waals surface area (Å²) in [5.41, 5.74) is 0. The zero-order chi connectivity index (χ0) is 12.8. The van der Waals surface area contributed by atoms with Gasteiger partial charge in [-0.3, -0.25) is 0 Å². The van der Waals surface area contributed by atoms with Crippen molar-refractivity contribution in [3.63, 3.8) is 0 Å². The fourth-order valence-electron chi connectivity index (χ4n) is 1.88. The fraction of sp³-hybridized carbons (Fsp3) is 0.538. The number of aryl methyl sites for hydroxylation is 2. The van der Waals surface area contributed by atoms with Crippen LogP contribution in [0.5, 0.6) is 0 Å². The number of hydrogen-bond donors (Lipinski definition) is 1. The third-order valence-electron chi connectivity index (χ3n) is 3.05. The number of hydrogen-bond acceptors (Lipinski definition) is 4. The minimum atomic E-state index is 0.475. The van der Waals surface area contributed by atoms with Crippen LogP contribution in [0.2, 0.25) is 0 Å². The van der Waals surface area contributed by atoms with Gasteiger partial charge in [-0.05, 0) is 25.5 Å². The molecule has 0 amide bonds. The van der Waals surface area contributed by atoms with Gasteiger partial charge in [-0.15, -0.1) is 10.2 Å². The standard InChI is InChI=1S/C13H20N4O/c1-11(5-6-12-4-3-9-18-12)14-8-7-13-16-15-10-17(13)2/h3-4,9-11,14H,5-8H2,1-2H3. The minimum absolute atomic E-state index is 0.475. The zero-order valence-electron chi connectivity index (χ0n) is 11.0. The van der Waals surface area contributed by atoms with Crippen LogP contribution in [0.15, 0.2) is 29.1 Å². The van der Waals surface area contributed by atoms with E-state index < -0.39 is 0 Å². The molecule has 98 valence electrons. The van der Waals surface area contributed by atoms with Crippen molar-refractivity contribution in [3.05, 3.63) is 36.3 Å². The molecule has 0 saturated heterocycles. The van der Waals surface area contributed by atoms with Crippen LogP contribution in [-0.4, -0.2) is 27.4 Å². The van der Waals surface area contributed by atoms with E-state index in [1.807, 2.05) is 23.7 Å². The highest BCUT2D eigenvalue weighted by atomic mass is 16.3. The highest BCUT2D eigenvalue weighted by Gasteiger charge is 2.05. The van der Waals surface area contributed by atoms with Crippen molar-refractivity contribution in [2.24, 2.45) is 7.05 Å². The molecule has 0 bridgehead atoms. The van der Waals surface area contributed by atoms with Gasteiger partial charge >= 0.3 is 0 Å². The Morgan fingerprint density at radius 3 is 3.00 bits per heavy atom. The molecular formula is C13H20N4O. The second-order valence-electron chi connectivity index (χ2n) is 4.58. The van der Waals surface area contributed by atoms with Gasteiger partial charge in [0.25, 0.3) is 0 Å². The normalized spacial score (nSPS) is 12.8. The summed E-state index contributed by atoms with van der Waals surface area (Å²) in [7, 11) is 1.97. The molecule has 1 unspecified atom stereocenters. The largest absolute Gasteiger partial charge is 0.469 e. The molecule has 0 aromatic carbocycles. The van der Waals surface area contributed by atoms with Crippen LogP contribution in [-0.2, 0) is 19.9 Å². The van der Waals surface area contributed by atoms with E-state index in [4.69, 9.17) is 4.42 Å². The predicted molar refractivity (Wildman–Crippen MR) is 69.2 cm³/mol. The zero-order valence-corrected chi connectivity index (χ0v) is 11.0. The molecular weight excluding hydrogens is 228 g/mol. The molecule has 2 aromatic heterocycles. The molecule has 18 heavy (non-hydrogen) atoms. The molecule has 0 aliphatic carbocycles. The summed E-state index contributed by atoms with van der Waals surface area (Å²) in [5.74, 6) is 2.07. The summed E-state index contributed by atoms with van der Waals surface area (Å²) in [6.07, 6.45) is 6.41. The van der Waals surface area contributed by atoms with Crippen molar-refractivity contribution in [3.8, 4) is 0 Å². The molecule has 0 spiro atoms. The summed E-state index contributed by atoms with van der Waals surface area (Å²) in [6.45, 7) is 3.12. The molecule has 1 atom stereocenters. The van der Waals surface area contributed by atoms with E-state index in [0.29, 0.717) is 6.04 Å². The Bertz CT molecular complexity index is 449. The summed E-state index contributed by atoms with van der Waals surface area (Å²) < 4.78 is 7.27. The van der Waals surface area contributed by atoms with Gasteiger partial charge < -0.3 is 14.3 Å². The van der Waals surface area contributed by atoms with Crippen LogP contribution < -0.4 is 5.32 Å². The van der Waals surface area contributed by atoms with E-state index >= 15 is 0 Å². The first-order valence-electron chi connectivity index (χ1n) is 6.34. The number of nitrogens with one attached hydrogen (secondary N) is 1. The lowest BCUT2D eigenvalue weighted by Gasteiger charge is -2.12. The molecule has 0 fully saturated rings. The lowest BCUT2D eigenvalue weighted by Crippen LogP contribution is -2.29. The number of furan rings is 1. The Kier molecular flexibility index (Phi) is 4.52. The van der Waals surface area contributed by atoms with E-state index in [0.717, 1.165) is 37.4 Å². The summed E-state index contributed by atoms with van der Waals surface area (Å²) in [4.78, 5) is 0. The van der Waals surface area contributed by atoms with Crippen molar-refractivity contribution in [2.45, 2.75) is 32.2 Å². The van der Waals surface area contributed by atoms with Crippen LogP contribution >= 0.6 is 0 Å². The second kappa shape index (κ2) is 6.35. The van der Waals surface area contributed by atoms with Gasteiger partial charge in [0.05, 0.1) is 6.26 Å². The first-order chi connectivity index (χ1) is 8.75. The van der Waals surface area contributed by atoms with Gasteiger partial charge in [0, 0.05) is 32.5 Å². The number of nitrogens with zero attached hydrogens (tertiary/aromatic N) is 3. The lowest BCUT2D eigenvalue weighted by molar-refractivity contribution is 0.460. The minimum Gasteiger partial charge on any atom is -0.469 e. The molecule has 2 heterocycles. The van der Waals surface area contributed by atoms with Gasteiger partial charge in [-0.1, -0.05) is 0 Å². The van der Waals surface area contributed by atoms with E-state index in [9.17, 15) is 0 Å². The Hall–Kier alpha value is -1.62. The molecule has 5 heteroatoms. The molecule has 0 radical (unpaired) electrons. The SMILES string of the molecule is CC(CCc1ccco1)NCCc1nncn1C. The van der Waals surface area contributed by atoms with Crippen molar-refractivity contribution < 1.29 is 4.42 Å². The van der Waals surface area contributed by atoms with Crippen molar-refractivity contribution in [2.75, 3.05) is 6.54 Å². The fourth-order valence-corrected chi connectivity index (χ4v) is 1.88. The number of aromatic nitrogens is 3. The molecule has 1 N–H and O–H groups in total. The van der Waals surface area contributed by atoms with Crippen molar-refractivity contribution in [1.82, 2.24) is 20.1 Å². The third kappa shape index (κ3) is 3.70. The maximum absolute atomic E-state index is 5.31. The highest BCUT2D eigenvalue weighted by molar-refractivity contribution is 4.98. The van der Waals surface area contributed by atoms with E-state index in [1.165, 1.54) is 0 Å². The number of rotatable bonds is 7. The summed E-state index contributed by atoms with van der Waals surface area (Å²) in [6, 6.07) is 4.43. The molecule has 2 rings (SSSR count). The smallest absolute Gasteiger partial charge is 0.133 e. The molecule has 5 nitrogen and oxygen atoms in total. The third-order valence-corrected chi connectivity index (χ3v) is 3.05. The van der Waals surface area contributed by atoms with Crippen LogP contribution in [0, 0.1) is 0 Å². The van der Waals surface area contributed by atoms with Crippen molar-refractivity contribution in [1.29, 1.82) is 0 Å². The Morgan fingerprint density at radius 2 is 2.33 bits per heavy atom. The van der Waals surface area contributed by atoms with E-state index in [2.05, 4.69) is 22.4 Å². The van der Waals surface area contributed by atoms with Gasteiger partial charge in [-0.2, -0.15) is 0 Å². The maximum atomic E-state index is 5.31. The van der Waals surface area contributed by atoms with Gasteiger partial charge in [0.2, 0.25) is 0 Å². The van der Waals surface area contributed by atoms with Crippen LogP contribution in [0.4, 0.5) is 0 Å². The highest BCUT2D eigenvalue weighted by Crippen LogP contribution is 2.05. The van der Waals surface area contributed by atoms with Gasteiger partial charge in [0.15, 0.2) is 0 Å². The van der Waals surface area contributed by atoms with Crippen LogP contribution in [0.25, 0.3) is 0 Å².